The van der Waals surface area contributed by atoms with E-state index in [1.54, 1.807) is 12.1 Å². The van der Waals surface area contributed by atoms with Gasteiger partial charge in [0.2, 0.25) is 0 Å². The molecule has 0 aliphatic rings. The van der Waals surface area contributed by atoms with Gasteiger partial charge in [0, 0.05) is 12.2 Å². The third-order valence-electron chi connectivity index (χ3n) is 2.28. The lowest BCUT2D eigenvalue weighted by molar-refractivity contribution is -0.128. The van der Waals surface area contributed by atoms with Gasteiger partial charge in [0.05, 0.1) is 0 Å². The minimum atomic E-state index is -4.30. The Morgan fingerprint density at radius 3 is 1.93 bits per heavy atom. The Labute approximate surface area is 87.5 Å². The largest absolute Gasteiger partial charge is 0.484 e. The highest BCUT2D eigenvalue weighted by molar-refractivity contribution is 5.48. The fourth-order valence-electron chi connectivity index (χ4n) is 1.42. The van der Waals surface area contributed by atoms with Crippen molar-refractivity contribution < 1.29 is 13.2 Å². The van der Waals surface area contributed by atoms with E-state index < -0.39 is 6.30 Å². The summed E-state index contributed by atoms with van der Waals surface area (Å²) in [5.74, 6) is 0. The summed E-state index contributed by atoms with van der Waals surface area (Å²) in [7, 11) is 0. The van der Waals surface area contributed by atoms with E-state index in [4.69, 9.17) is 0 Å². The molecule has 0 fully saturated rings. The number of aryl methyl sites for hydroxylation is 1. The Balaban J connectivity index is 2.93. The third-order valence-corrected chi connectivity index (χ3v) is 2.28. The van der Waals surface area contributed by atoms with E-state index in [-0.39, 0.29) is 12.2 Å². The highest BCUT2D eigenvalue weighted by Crippen LogP contribution is 2.28. The molecular weight excluding hydrogens is 203 g/mol. The van der Waals surface area contributed by atoms with Gasteiger partial charge in [-0.25, -0.2) is 0 Å². The minimum absolute atomic E-state index is 0.0744. The molecule has 0 saturated carbocycles. The molecule has 0 heterocycles. The zero-order valence-electron chi connectivity index (χ0n) is 8.80. The van der Waals surface area contributed by atoms with E-state index in [1.165, 1.54) is 19.1 Å². The number of hydrogen-bond acceptors (Lipinski definition) is 1. The van der Waals surface area contributed by atoms with Crippen LogP contribution >= 0.6 is 0 Å². The van der Waals surface area contributed by atoms with Crippen molar-refractivity contribution in [2.75, 3.05) is 11.4 Å². The molecule has 0 N–H and O–H groups in total. The van der Waals surface area contributed by atoms with Crippen LogP contribution in [-0.4, -0.2) is 12.8 Å². The first-order valence-electron chi connectivity index (χ1n) is 4.92. The summed E-state index contributed by atoms with van der Waals surface area (Å²) in [6.07, 6.45) is -3.47. The summed E-state index contributed by atoms with van der Waals surface area (Å²) in [6.45, 7) is 3.38. The maximum absolute atomic E-state index is 12.5. The molecule has 0 saturated heterocycles. The van der Waals surface area contributed by atoms with Gasteiger partial charge in [-0.15, -0.1) is 0 Å². The van der Waals surface area contributed by atoms with Crippen LogP contribution in [0.2, 0.25) is 0 Å². The van der Waals surface area contributed by atoms with E-state index in [0.29, 0.717) is 4.90 Å². The second-order valence-corrected chi connectivity index (χ2v) is 3.23. The molecule has 0 amide bonds. The zero-order chi connectivity index (χ0) is 11.5. The number of alkyl halides is 3. The van der Waals surface area contributed by atoms with E-state index in [0.717, 1.165) is 12.0 Å². The Bertz CT molecular complexity index is 303. The molecule has 0 bridgehead atoms. The van der Waals surface area contributed by atoms with Crippen molar-refractivity contribution in [3.63, 3.8) is 0 Å². The van der Waals surface area contributed by atoms with Crippen LogP contribution in [0, 0.1) is 0 Å². The average Bonchev–Trinajstić information content (AvgIpc) is 2.18. The van der Waals surface area contributed by atoms with Crippen LogP contribution in [0.1, 0.15) is 19.4 Å². The van der Waals surface area contributed by atoms with Crippen LogP contribution in [-0.2, 0) is 6.42 Å². The normalized spacial score (nSPS) is 11.5. The second-order valence-electron chi connectivity index (χ2n) is 3.23. The van der Waals surface area contributed by atoms with Gasteiger partial charge in [-0.3, -0.25) is 4.90 Å². The molecule has 0 radical (unpaired) electrons. The van der Waals surface area contributed by atoms with E-state index >= 15 is 0 Å². The number of benzene rings is 1. The number of hydrogen-bond donors (Lipinski definition) is 0. The van der Waals surface area contributed by atoms with Gasteiger partial charge in [0.25, 0.3) is 0 Å². The van der Waals surface area contributed by atoms with Gasteiger partial charge < -0.3 is 0 Å². The molecule has 1 rings (SSSR count). The van der Waals surface area contributed by atoms with Crippen molar-refractivity contribution >= 4 is 5.69 Å². The lowest BCUT2D eigenvalue weighted by Gasteiger charge is -2.25. The molecule has 0 aliphatic carbocycles. The minimum Gasteiger partial charge on any atom is -0.284 e. The lowest BCUT2D eigenvalue weighted by atomic mass is 10.1. The quantitative estimate of drug-likeness (QED) is 0.699. The predicted molar refractivity (Wildman–Crippen MR) is 54.9 cm³/mol. The van der Waals surface area contributed by atoms with Crippen molar-refractivity contribution in [2.24, 2.45) is 0 Å². The van der Waals surface area contributed by atoms with Gasteiger partial charge in [0.15, 0.2) is 0 Å². The fourth-order valence-corrected chi connectivity index (χ4v) is 1.42. The predicted octanol–water partition coefficient (Wildman–Crippen LogP) is 3.60. The average molecular weight is 217 g/mol. The van der Waals surface area contributed by atoms with Crippen molar-refractivity contribution in [1.29, 1.82) is 0 Å². The molecular formula is C11H14F3N. The van der Waals surface area contributed by atoms with Gasteiger partial charge in [-0.1, -0.05) is 19.1 Å². The summed E-state index contributed by atoms with van der Waals surface area (Å²) in [4.78, 5) is 0.423. The first kappa shape index (κ1) is 11.9. The highest BCUT2D eigenvalue weighted by Gasteiger charge is 2.36. The van der Waals surface area contributed by atoms with Crippen LogP contribution in [0.5, 0.6) is 0 Å². The third kappa shape index (κ3) is 2.88. The van der Waals surface area contributed by atoms with Gasteiger partial charge in [-0.05, 0) is 31.0 Å². The number of halogens is 3. The molecule has 1 aromatic rings. The molecule has 0 unspecified atom stereocenters. The molecule has 84 valence electrons. The van der Waals surface area contributed by atoms with E-state index in [9.17, 15) is 13.2 Å². The van der Waals surface area contributed by atoms with Crippen LogP contribution in [0.15, 0.2) is 24.3 Å². The van der Waals surface area contributed by atoms with Gasteiger partial charge in [0.1, 0.15) is 0 Å². The zero-order valence-corrected chi connectivity index (χ0v) is 8.80. The van der Waals surface area contributed by atoms with Crippen molar-refractivity contribution in [1.82, 2.24) is 0 Å². The first-order chi connectivity index (χ1) is 6.99. The number of rotatable bonds is 3. The standard InChI is InChI=1S/C11H14F3N/c1-3-9-5-7-10(8-6-9)15(4-2)11(12,13)14/h5-8H,3-4H2,1-2H3. The summed E-state index contributed by atoms with van der Waals surface area (Å²) in [5.41, 5.74) is 1.24. The van der Waals surface area contributed by atoms with Crippen molar-refractivity contribution in [2.45, 2.75) is 26.6 Å². The van der Waals surface area contributed by atoms with Gasteiger partial charge >= 0.3 is 6.30 Å². The molecule has 0 spiro atoms. The Morgan fingerprint density at radius 1 is 1.07 bits per heavy atom. The lowest BCUT2D eigenvalue weighted by Crippen LogP contribution is -2.37. The van der Waals surface area contributed by atoms with Crippen LogP contribution < -0.4 is 4.90 Å². The second kappa shape index (κ2) is 4.55. The first-order valence-corrected chi connectivity index (χ1v) is 4.92. The molecule has 0 atom stereocenters. The SMILES string of the molecule is CCc1ccc(N(CC)C(F)(F)F)cc1. The van der Waals surface area contributed by atoms with E-state index in [2.05, 4.69) is 0 Å². The van der Waals surface area contributed by atoms with Crippen LogP contribution in [0.4, 0.5) is 18.9 Å². The summed E-state index contributed by atoms with van der Waals surface area (Å²) >= 11 is 0. The highest BCUT2D eigenvalue weighted by atomic mass is 19.4. The molecule has 0 aromatic heterocycles. The molecule has 0 aliphatic heterocycles. The van der Waals surface area contributed by atoms with Crippen molar-refractivity contribution in [3.05, 3.63) is 29.8 Å². The monoisotopic (exact) mass is 217 g/mol. The Kier molecular flexibility index (Phi) is 3.61. The van der Waals surface area contributed by atoms with Crippen molar-refractivity contribution in [3.8, 4) is 0 Å². The molecule has 4 heteroatoms. The maximum Gasteiger partial charge on any atom is 0.484 e. The Morgan fingerprint density at radius 2 is 1.60 bits per heavy atom. The fraction of sp³-hybridized carbons (Fsp3) is 0.455. The summed E-state index contributed by atoms with van der Waals surface area (Å²) < 4.78 is 37.5. The Hall–Kier alpha value is -1.19. The molecule has 1 nitrogen and oxygen atoms in total. The smallest absolute Gasteiger partial charge is 0.284 e. The topological polar surface area (TPSA) is 3.24 Å². The summed E-state index contributed by atoms with van der Waals surface area (Å²) in [5, 5.41) is 0. The summed E-state index contributed by atoms with van der Waals surface area (Å²) in [6, 6.07) is 6.47. The molecule has 15 heavy (non-hydrogen) atoms. The van der Waals surface area contributed by atoms with Gasteiger partial charge in [-0.2, -0.15) is 13.2 Å². The van der Waals surface area contributed by atoms with E-state index in [1.807, 2.05) is 6.92 Å². The maximum atomic E-state index is 12.5. The van der Waals surface area contributed by atoms with Crippen LogP contribution in [0.25, 0.3) is 0 Å². The molecule has 1 aromatic carbocycles. The number of anilines is 1. The number of nitrogens with zero attached hydrogens (tertiary/aromatic N) is 1. The van der Waals surface area contributed by atoms with Crippen LogP contribution in [0.3, 0.4) is 0 Å².